The Hall–Kier alpha value is 0.0700. The average molecular weight is 416 g/mol. The van der Waals surface area contributed by atoms with E-state index in [0.29, 0.717) is 0 Å². The summed E-state index contributed by atoms with van der Waals surface area (Å²) in [5, 5.41) is 0. The lowest BCUT2D eigenvalue weighted by molar-refractivity contribution is -0.0881. The molecule has 0 amide bonds. The van der Waals surface area contributed by atoms with Gasteiger partial charge in [-0.15, -0.1) is 4.47 Å². The van der Waals surface area contributed by atoms with E-state index in [9.17, 15) is 0 Å². The molecule has 0 saturated carbocycles. The number of ether oxygens (including phenoxy) is 1. The summed E-state index contributed by atoms with van der Waals surface area (Å²) in [7, 11) is -1.55. The molecule has 0 aromatic rings. The van der Waals surface area contributed by atoms with Crippen molar-refractivity contribution in [3.63, 3.8) is 0 Å². The van der Waals surface area contributed by atoms with Crippen molar-refractivity contribution in [2.45, 2.75) is 64.2 Å². The Labute approximate surface area is 173 Å². The molecule has 28 heavy (non-hydrogen) atoms. The number of rotatable bonds is 4. The summed E-state index contributed by atoms with van der Waals surface area (Å²) in [6.07, 6.45) is 12.9. The van der Waals surface area contributed by atoms with Crippen molar-refractivity contribution >= 4 is 10.8 Å². The van der Waals surface area contributed by atoms with E-state index in [0.717, 1.165) is 52.5 Å². The summed E-state index contributed by atoms with van der Waals surface area (Å²) in [6, 6.07) is 0. The lowest BCUT2D eigenvalue weighted by Gasteiger charge is -2.63. The lowest BCUT2D eigenvalue weighted by Crippen LogP contribution is -2.62. The molecule has 4 aliphatic rings. The van der Waals surface area contributed by atoms with Crippen molar-refractivity contribution in [3.05, 3.63) is 0 Å². The molecular weight excluding hydrogens is 374 g/mol. The molecule has 0 aromatic carbocycles. The Morgan fingerprint density at radius 2 is 1.21 bits per heavy atom. The van der Waals surface area contributed by atoms with Crippen LogP contribution in [0.25, 0.3) is 0 Å². The number of nitrogens with zero attached hydrogens (tertiary/aromatic N) is 4. The average Bonchev–Trinajstić information content (AvgIpc) is 3.27. The van der Waals surface area contributed by atoms with Gasteiger partial charge in [-0.1, -0.05) is 19.3 Å². The fourth-order valence-electron chi connectivity index (χ4n) is 4.88. The van der Waals surface area contributed by atoms with E-state index in [1.165, 1.54) is 77.3 Å². The smallest absolute Gasteiger partial charge is 0.0697 e. The molecular formula is C20H41N5O2S. The molecule has 4 rings (SSSR count). The molecule has 0 radical (unpaired) electrons. The van der Waals surface area contributed by atoms with Gasteiger partial charge in [-0.2, -0.15) is 4.41 Å². The van der Waals surface area contributed by atoms with Crippen LogP contribution in [0.4, 0.5) is 0 Å². The Morgan fingerprint density at radius 1 is 0.571 bits per heavy atom. The molecule has 4 aliphatic heterocycles. The van der Waals surface area contributed by atoms with E-state index in [-0.39, 0.29) is 0 Å². The second-order valence-electron chi connectivity index (χ2n) is 8.40. The quantitative estimate of drug-likeness (QED) is 0.757. The number of hydrogen-bond acceptors (Lipinski definition) is 7. The predicted molar refractivity (Wildman–Crippen MR) is 115 cm³/mol. The zero-order chi connectivity index (χ0) is 19.1. The summed E-state index contributed by atoms with van der Waals surface area (Å²) in [5.41, 5.74) is 3.88. The highest BCUT2D eigenvalue weighted by atomic mass is 32.3. The second-order valence-corrected chi connectivity index (χ2v) is 11.3. The normalized spacial score (nSPS) is 32.0. The van der Waals surface area contributed by atoms with Gasteiger partial charge in [0, 0.05) is 56.6 Å². The number of morpholine rings is 1. The van der Waals surface area contributed by atoms with Crippen LogP contribution in [0.5, 0.6) is 0 Å². The fraction of sp³-hybridized carbons (Fsp3) is 1.00. The van der Waals surface area contributed by atoms with Crippen LogP contribution in [0.15, 0.2) is 0 Å². The minimum Gasteiger partial charge on any atom is -0.379 e. The van der Waals surface area contributed by atoms with E-state index in [1.54, 1.807) is 0 Å². The largest absolute Gasteiger partial charge is 0.379 e. The van der Waals surface area contributed by atoms with Crippen LogP contribution < -0.4 is 5.43 Å². The van der Waals surface area contributed by atoms with E-state index in [1.807, 2.05) is 0 Å². The standard InChI is InChI=1S/C20H41N5O2S/c1-2-7-13-22(12-6-1)28(23-16-19-26-20-17-23,24-14-8-3-5-11-21-24)25-15-9-4-10-18-27-25/h21H,1-20H2. The first-order chi connectivity index (χ1) is 13.9. The Bertz CT molecular complexity index is 392. The Morgan fingerprint density at radius 3 is 2.04 bits per heavy atom. The fourth-order valence-corrected chi connectivity index (χ4v) is 9.12. The number of hydrazine groups is 1. The highest BCUT2D eigenvalue weighted by molar-refractivity contribution is 8.25. The maximum absolute atomic E-state index is 6.57. The van der Waals surface area contributed by atoms with Crippen molar-refractivity contribution < 1.29 is 9.57 Å². The van der Waals surface area contributed by atoms with Crippen molar-refractivity contribution in [1.29, 1.82) is 0 Å². The minimum absolute atomic E-state index is 0.838. The van der Waals surface area contributed by atoms with Crippen molar-refractivity contribution in [1.82, 2.24) is 22.9 Å². The van der Waals surface area contributed by atoms with Gasteiger partial charge in [0.15, 0.2) is 0 Å². The molecule has 0 aliphatic carbocycles. The van der Waals surface area contributed by atoms with Crippen LogP contribution in [-0.4, -0.2) is 83.1 Å². The molecule has 1 N–H and O–H groups in total. The van der Waals surface area contributed by atoms with Crippen molar-refractivity contribution in [3.8, 4) is 0 Å². The molecule has 164 valence electrons. The van der Waals surface area contributed by atoms with Gasteiger partial charge in [0.25, 0.3) is 0 Å². The zero-order valence-corrected chi connectivity index (χ0v) is 18.5. The number of hydrogen-bond donors (Lipinski definition) is 1. The first kappa shape index (κ1) is 21.3. The third-order valence-electron chi connectivity index (χ3n) is 6.34. The van der Waals surface area contributed by atoms with Gasteiger partial charge in [-0.05, 0) is 44.9 Å². The van der Waals surface area contributed by atoms with Crippen molar-refractivity contribution in [2.75, 3.05) is 65.6 Å². The third kappa shape index (κ3) is 4.70. The number of nitrogens with one attached hydrogen (secondary N) is 1. The predicted octanol–water partition coefficient (Wildman–Crippen LogP) is 3.07. The molecule has 1 unspecified atom stereocenters. The molecule has 1 atom stereocenters. The SMILES string of the molecule is C1CCCN(S(N2CCOCC2)(N2CCCCCN2)N2CCCCCO2)CC1. The summed E-state index contributed by atoms with van der Waals surface area (Å²) in [6.45, 7) is 10.2. The maximum Gasteiger partial charge on any atom is 0.0697 e. The summed E-state index contributed by atoms with van der Waals surface area (Å²) >= 11 is 0. The van der Waals surface area contributed by atoms with Gasteiger partial charge in [0.1, 0.15) is 0 Å². The van der Waals surface area contributed by atoms with Crippen LogP contribution in [0.3, 0.4) is 0 Å². The van der Waals surface area contributed by atoms with Crippen LogP contribution in [0, 0.1) is 0 Å². The minimum atomic E-state index is -1.55. The first-order valence-corrected chi connectivity index (χ1v) is 13.2. The lowest BCUT2D eigenvalue weighted by atomic mass is 10.2. The van der Waals surface area contributed by atoms with Gasteiger partial charge in [-0.3, -0.25) is 4.84 Å². The summed E-state index contributed by atoms with van der Waals surface area (Å²) in [5.74, 6) is 0. The third-order valence-corrected chi connectivity index (χ3v) is 10.2. The maximum atomic E-state index is 6.57. The van der Waals surface area contributed by atoms with Gasteiger partial charge in [0.2, 0.25) is 0 Å². The van der Waals surface area contributed by atoms with Crippen LogP contribution in [0.1, 0.15) is 64.2 Å². The highest BCUT2D eigenvalue weighted by Crippen LogP contribution is 2.61. The molecule has 0 spiro atoms. The van der Waals surface area contributed by atoms with Gasteiger partial charge >= 0.3 is 0 Å². The molecule has 4 saturated heterocycles. The Balaban J connectivity index is 1.73. The van der Waals surface area contributed by atoms with Gasteiger partial charge in [0.05, 0.1) is 19.8 Å². The molecule has 4 heterocycles. The number of hydroxylamine groups is 1. The monoisotopic (exact) mass is 415 g/mol. The molecule has 7 nitrogen and oxygen atoms in total. The van der Waals surface area contributed by atoms with Crippen LogP contribution in [0.2, 0.25) is 0 Å². The molecule has 4 fully saturated rings. The molecule has 0 bridgehead atoms. The summed E-state index contributed by atoms with van der Waals surface area (Å²) in [4.78, 5) is 6.57. The highest BCUT2D eigenvalue weighted by Gasteiger charge is 2.49. The van der Waals surface area contributed by atoms with E-state index in [2.05, 4.69) is 22.9 Å². The topological polar surface area (TPSA) is 43.5 Å². The molecule has 8 heteroatoms. The van der Waals surface area contributed by atoms with Crippen LogP contribution in [-0.2, 0) is 9.57 Å². The Kier molecular flexibility index (Phi) is 8.30. The zero-order valence-electron chi connectivity index (χ0n) is 17.7. The van der Waals surface area contributed by atoms with E-state index >= 15 is 0 Å². The molecule has 0 aromatic heterocycles. The first-order valence-electron chi connectivity index (χ1n) is 11.8. The van der Waals surface area contributed by atoms with E-state index in [4.69, 9.17) is 9.57 Å². The van der Waals surface area contributed by atoms with Crippen LogP contribution >= 0.6 is 10.8 Å². The summed E-state index contributed by atoms with van der Waals surface area (Å²) < 4.78 is 16.4. The van der Waals surface area contributed by atoms with E-state index < -0.39 is 10.8 Å². The van der Waals surface area contributed by atoms with Gasteiger partial charge < -0.3 is 4.74 Å². The second kappa shape index (κ2) is 10.9. The van der Waals surface area contributed by atoms with Gasteiger partial charge in [-0.25, -0.2) is 14.0 Å². The van der Waals surface area contributed by atoms with Crippen molar-refractivity contribution in [2.24, 2.45) is 0 Å².